The number of amides is 1. The highest BCUT2D eigenvalue weighted by atomic mass is 16.5. The standard InChI is InChI=1S/C23H29NO2/c25-22(13-7-17-26-18-14-20-9-3-1-4-10-20)24-19-23(15-8-16-23)21-11-5-2-6-12-21/h1-6,9-12H,7-8,13-19H2,(H,24,25). The van der Waals surface area contributed by atoms with Crippen LogP contribution in [0.3, 0.4) is 0 Å². The van der Waals surface area contributed by atoms with E-state index in [-0.39, 0.29) is 11.3 Å². The van der Waals surface area contributed by atoms with Crippen LogP contribution in [0.5, 0.6) is 0 Å². The van der Waals surface area contributed by atoms with E-state index >= 15 is 0 Å². The Kier molecular flexibility index (Phi) is 6.84. The fourth-order valence-electron chi connectivity index (χ4n) is 3.59. The number of ether oxygens (including phenoxy) is 1. The second kappa shape index (κ2) is 9.54. The summed E-state index contributed by atoms with van der Waals surface area (Å²) >= 11 is 0. The molecule has 2 aromatic carbocycles. The summed E-state index contributed by atoms with van der Waals surface area (Å²) in [6.07, 6.45) is 5.82. The lowest BCUT2D eigenvalue weighted by Crippen LogP contribution is -2.45. The minimum Gasteiger partial charge on any atom is -0.381 e. The van der Waals surface area contributed by atoms with Crippen LogP contribution < -0.4 is 5.32 Å². The van der Waals surface area contributed by atoms with Crippen LogP contribution in [0.2, 0.25) is 0 Å². The Labute approximate surface area is 156 Å². The molecule has 1 N–H and O–H groups in total. The van der Waals surface area contributed by atoms with Gasteiger partial charge in [-0.1, -0.05) is 67.1 Å². The summed E-state index contributed by atoms with van der Waals surface area (Å²) in [5.41, 5.74) is 2.80. The molecule has 0 unspecified atom stereocenters. The van der Waals surface area contributed by atoms with E-state index in [2.05, 4.69) is 41.7 Å². The molecule has 26 heavy (non-hydrogen) atoms. The SMILES string of the molecule is O=C(CCCOCCc1ccccc1)NCC1(c2ccccc2)CCC1. The average Bonchev–Trinajstić information content (AvgIpc) is 2.65. The minimum atomic E-state index is 0.138. The van der Waals surface area contributed by atoms with Crippen molar-refractivity contribution in [2.24, 2.45) is 0 Å². The topological polar surface area (TPSA) is 38.3 Å². The minimum absolute atomic E-state index is 0.138. The summed E-state index contributed by atoms with van der Waals surface area (Å²) in [6, 6.07) is 20.9. The zero-order valence-corrected chi connectivity index (χ0v) is 15.5. The lowest BCUT2D eigenvalue weighted by atomic mass is 9.64. The lowest BCUT2D eigenvalue weighted by Gasteiger charge is -2.42. The van der Waals surface area contributed by atoms with Crippen LogP contribution in [0.1, 0.15) is 43.2 Å². The van der Waals surface area contributed by atoms with Gasteiger partial charge in [-0.15, -0.1) is 0 Å². The van der Waals surface area contributed by atoms with E-state index < -0.39 is 0 Å². The third-order valence-corrected chi connectivity index (χ3v) is 5.39. The van der Waals surface area contributed by atoms with Crippen molar-refractivity contribution in [1.29, 1.82) is 0 Å². The maximum atomic E-state index is 12.1. The molecule has 0 aliphatic heterocycles. The zero-order chi connectivity index (χ0) is 18.1. The number of benzene rings is 2. The van der Waals surface area contributed by atoms with E-state index in [1.165, 1.54) is 30.4 Å². The molecular formula is C23H29NO2. The predicted octanol–water partition coefficient (Wildman–Crippen LogP) is 4.26. The van der Waals surface area contributed by atoms with Crippen molar-refractivity contribution in [1.82, 2.24) is 5.32 Å². The van der Waals surface area contributed by atoms with E-state index in [4.69, 9.17) is 4.74 Å². The highest BCUT2D eigenvalue weighted by Gasteiger charge is 2.38. The smallest absolute Gasteiger partial charge is 0.220 e. The first-order valence-corrected chi connectivity index (χ1v) is 9.72. The number of carbonyl (C=O) groups excluding carboxylic acids is 1. The molecule has 0 radical (unpaired) electrons. The third-order valence-electron chi connectivity index (χ3n) is 5.39. The second-order valence-corrected chi connectivity index (χ2v) is 7.23. The molecule has 0 bridgehead atoms. The molecule has 2 aromatic rings. The van der Waals surface area contributed by atoms with E-state index in [0.29, 0.717) is 19.6 Å². The van der Waals surface area contributed by atoms with Crippen molar-refractivity contribution in [3.05, 3.63) is 71.8 Å². The maximum Gasteiger partial charge on any atom is 0.220 e. The molecule has 1 aliphatic rings. The summed E-state index contributed by atoms with van der Waals surface area (Å²) in [7, 11) is 0. The molecule has 138 valence electrons. The zero-order valence-electron chi connectivity index (χ0n) is 15.5. The monoisotopic (exact) mass is 351 g/mol. The molecule has 1 fully saturated rings. The van der Waals surface area contributed by atoms with Crippen molar-refractivity contribution in [2.45, 2.75) is 43.9 Å². The van der Waals surface area contributed by atoms with Crippen LogP contribution in [0.4, 0.5) is 0 Å². The number of nitrogens with one attached hydrogen (secondary N) is 1. The summed E-state index contributed by atoms with van der Waals surface area (Å²) in [5, 5.41) is 3.15. The van der Waals surface area contributed by atoms with Gasteiger partial charge in [0.2, 0.25) is 5.91 Å². The Morgan fingerprint density at radius 1 is 0.962 bits per heavy atom. The van der Waals surface area contributed by atoms with Gasteiger partial charge in [0, 0.05) is 25.0 Å². The molecule has 3 rings (SSSR count). The summed E-state index contributed by atoms with van der Waals surface area (Å²) in [5.74, 6) is 0.138. The van der Waals surface area contributed by atoms with Gasteiger partial charge in [-0.2, -0.15) is 0 Å². The Bertz CT molecular complexity index is 665. The van der Waals surface area contributed by atoms with Gasteiger partial charge >= 0.3 is 0 Å². The van der Waals surface area contributed by atoms with Crippen LogP contribution >= 0.6 is 0 Å². The largest absolute Gasteiger partial charge is 0.381 e. The molecule has 0 atom stereocenters. The van der Waals surface area contributed by atoms with Crippen LogP contribution in [0, 0.1) is 0 Å². The molecule has 0 heterocycles. The van der Waals surface area contributed by atoms with E-state index in [1.807, 2.05) is 24.3 Å². The normalized spacial score (nSPS) is 15.2. The first kappa shape index (κ1) is 18.7. The molecule has 0 saturated heterocycles. The van der Waals surface area contributed by atoms with Crippen molar-refractivity contribution < 1.29 is 9.53 Å². The quantitative estimate of drug-likeness (QED) is 0.649. The van der Waals surface area contributed by atoms with Gasteiger partial charge in [0.05, 0.1) is 6.61 Å². The fourth-order valence-corrected chi connectivity index (χ4v) is 3.59. The van der Waals surface area contributed by atoms with Crippen molar-refractivity contribution in [3.63, 3.8) is 0 Å². The first-order chi connectivity index (χ1) is 12.8. The second-order valence-electron chi connectivity index (χ2n) is 7.23. The third kappa shape index (κ3) is 5.18. The summed E-state index contributed by atoms with van der Waals surface area (Å²) < 4.78 is 5.66. The molecule has 1 amide bonds. The van der Waals surface area contributed by atoms with Gasteiger partial charge in [-0.25, -0.2) is 0 Å². The van der Waals surface area contributed by atoms with Gasteiger partial charge in [0.1, 0.15) is 0 Å². The van der Waals surface area contributed by atoms with Gasteiger partial charge in [-0.3, -0.25) is 4.79 Å². The van der Waals surface area contributed by atoms with Crippen LogP contribution in [-0.2, 0) is 21.4 Å². The number of hydrogen-bond donors (Lipinski definition) is 1. The fraction of sp³-hybridized carbons (Fsp3) is 0.435. The number of rotatable bonds is 10. The van der Waals surface area contributed by atoms with Crippen LogP contribution in [0.25, 0.3) is 0 Å². The predicted molar refractivity (Wildman–Crippen MR) is 105 cm³/mol. The van der Waals surface area contributed by atoms with Crippen LogP contribution in [-0.4, -0.2) is 25.7 Å². The van der Waals surface area contributed by atoms with Gasteiger partial charge < -0.3 is 10.1 Å². The molecule has 3 heteroatoms. The molecule has 1 saturated carbocycles. The average molecular weight is 351 g/mol. The molecule has 3 nitrogen and oxygen atoms in total. The Morgan fingerprint density at radius 2 is 1.65 bits per heavy atom. The van der Waals surface area contributed by atoms with E-state index in [0.717, 1.165) is 19.4 Å². The molecular weight excluding hydrogens is 322 g/mol. The summed E-state index contributed by atoms with van der Waals surface area (Å²) in [6.45, 7) is 2.11. The van der Waals surface area contributed by atoms with Crippen LogP contribution in [0.15, 0.2) is 60.7 Å². The highest BCUT2D eigenvalue weighted by Crippen LogP contribution is 2.43. The Hall–Kier alpha value is -2.13. The molecule has 0 spiro atoms. The maximum absolute atomic E-state index is 12.1. The highest BCUT2D eigenvalue weighted by molar-refractivity contribution is 5.76. The van der Waals surface area contributed by atoms with E-state index in [1.54, 1.807) is 0 Å². The Morgan fingerprint density at radius 3 is 2.31 bits per heavy atom. The summed E-state index contributed by atoms with van der Waals surface area (Å²) in [4.78, 5) is 12.1. The Balaban J connectivity index is 1.30. The van der Waals surface area contributed by atoms with E-state index in [9.17, 15) is 4.79 Å². The number of hydrogen-bond acceptors (Lipinski definition) is 2. The van der Waals surface area contributed by atoms with Crippen molar-refractivity contribution in [3.8, 4) is 0 Å². The van der Waals surface area contributed by atoms with Gasteiger partial charge in [0.25, 0.3) is 0 Å². The molecule has 1 aliphatic carbocycles. The van der Waals surface area contributed by atoms with Gasteiger partial charge in [0.15, 0.2) is 0 Å². The van der Waals surface area contributed by atoms with Crippen molar-refractivity contribution in [2.75, 3.05) is 19.8 Å². The number of carbonyl (C=O) groups is 1. The van der Waals surface area contributed by atoms with Gasteiger partial charge in [-0.05, 0) is 36.8 Å². The lowest BCUT2D eigenvalue weighted by molar-refractivity contribution is -0.121. The van der Waals surface area contributed by atoms with Crippen molar-refractivity contribution >= 4 is 5.91 Å². The first-order valence-electron chi connectivity index (χ1n) is 9.72. The molecule has 0 aromatic heterocycles.